The number of rotatable bonds is 9. The van der Waals surface area contributed by atoms with Crippen LogP contribution in [0.4, 0.5) is 0 Å². The summed E-state index contributed by atoms with van der Waals surface area (Å²) in [6, 6.07) is 0.475. The zero-order valence-corrected chi connectivity index (χ0v) is 16.9. The van der Waals surface area contributed by atoms with Crippen molar-refractivity contribution in [1.29, 1.82) is 0 Å². The predicted molar refractivity (Wildman–Crippen MR) is 106 cm³/mol. The summed E-state index contributed by atoms with van der Waals surface area (Å²) in [5.41, 5.74) is 0. The van der Waals surface area contributed by atoms with Crippen molar-refractivity contribution in [1.82, 2.24) is 20.4 Å². The van der Waals surface area contributed by atoms with Gasteiger partial charge in [0.1, 0.15) is 0 Å². The van der Waals surface area contributed by atoms with E-state index in [1.54, 1.807) is 0 Å². The van der Waals surface area contributed by atoms with Crippen molar-refractivity contribution in [2.24, 2.45) is 16.8 Å². The number of guanidine groups is 1. The Morgan fingerprint density at radius 3 is 2.29 bits per heavy atom. The maximum atomic E-state index is 4.37. The van der Waals surface area contributed by atoms with Crippen LogP contribution in [0.5, 0.6) is 0 Å². The maximum Gasteiger partial charge on any atom is 0.191 e. The Balaban J connectivity index is 2.20. The molecule has 0 bridgehead atoms. The van der Waals surface area contributed by atoms with Gasteiger partial charge in [-0.3, -0.25) is 4.99 Å². The quantitative estimate of drug-likeness (QED) is 0.499. The van der Waals surface area contributed by atoms with Gasteiger partial charge in [0.25, 0.3) is 0 Å². The summed E-state index contributed by atoms with van der Waals surface area (Å²) in [5.74, 6) is 2.37. The minimum atomic E-state index is 0.475. The van der Waals surface area contributed by atoms with E-state index < -0.39 is 0 Å². The Morgan fingerprint density at radius 2 is 1.71 bits per heavy atom. The molecule has 0 spiro atoms. The highest BCUT2D eigenvalue weighted by Gasteiger charge is 2.16. The molecule has 1 heterocycles. The van der Waals surface area contributed by atoms with E-state index in [2.05, 4.69) is 60.2 Å². The molecule has 5 nitrogen and oxygen atoms in total. The van der Waals surface area contributed by atoms with E-state index in [9.17, 15) is 0 Å². The van der Waals surface area contributed by atoms with Gasteiger partial charge in [-0.1, -0.05) is 33.6 Å². The second-order valence-electron chi connectivity index (χ2n) is 8.03. The van der Waals surface area contributed by atoms with Crippen molar-refractivity contribution < 1.29 is 0 Å². The number of nitrogens with one attached hydrogen (secondary N) is 2. The predicted octanol–water partition coefficient (Wildman–Crippen LogP) is 2.25. The van der Waals surface area contributed by atoms with Gasteiger partial charge in [-0.25, -0.2) is 0 Å². The molecule has 0 amide bonds. The molecule has 0 aromatic heterocycles. The zero-order chi connectivity index (χ0) is 17.9. The molecule has 1 aliphatic heterocycles. The molecule has 5 heteroatoms. The van der Waals surface area contributed by atoms with Crippen molar-refractivity contribution >= 4 is 5.96 Å². The maximum absolute atomic E-state index is 4.37. The molecule has 0 saturated carbocycles. The van der Waals surface area contributed by atoms with Crippen LogP contribution in [0.1, 0.15) is 47.0 Å². The number of hydrogen-bond acceptors (Lipinski definition) is 3. The molecule has 0 aromatic carbocycles. The third kappa shape index (κ3) is 9.48. The topological polar surface area (TPSA) is 42.9 Å². The number of aliphatic imine (C=N–C) groups is 1. The van der Waals surface area contributed by atoms with Gasteiger partial charge in [-0.15, -0.1) is 0 Å². The number of nitrogens with zero attached hydrogens (tertiary/aromatic N) is 3. The Hall–Kier alpha value is -0.810. The van der Waals surface area contributed by atoms with Crippen LogP contribution in [0.15, 0.2) is 4.99 Å². The fraction of sp³-hybridized carbons (Fsp3) is 0.947. The Bertz CT molecular complexity index is 348. The van der Waals surface area contributed by atoms with E-state index in [0.29, 0.717) is 12.0 Å². The lowest BCUT2D eigenvalue weighted by Gasteiger charge is -2.34. The van der Waals surface area contributed by atoms with Gasteiger partial charge >= 0.3 is 0 Å². The van der Waals surface area contributed by atoms with Crippen LogP contribution in [-0.4, -0.2) is 75.2 Å². The molecule has 0 aliphatic carbocycles. The van der Waals surface area contributed by atoms with Gasteiger partial charge in [0.2, 0.25) is 0 Å². The minimum Gasteiger partial charge on any atom is -0.356 e. The fourth-order valence-electron chi connectivity index (χ4n) is 3.14. The van der Waals surface area contributed by atoms with Crippen LogP contribution in [0.25, 0.3) is 0 Å². The van der Waals surface area contributed by atoms with Crippen LogP contribution < -0.4 is 10.6 Å². The summed E-state index contributed by atoms with van der Waals surface area (Å²) in [5, 5.41) is 7.02. The molecule has 2 N–H and O–H groups in total. The third-order valence-electron chi connectivity index (χ3n) is 4.81. The molecule has 1 rings (SSSR count). The van der Waals surface area contributed by atoms with Crippen LogP contribution in [0.3, 0.4) is 0 Å². The first kappa shape index (κ1) is 21.2. The van der Waals surface area contributed by atoms with Gasteiger partial charge in [-0.05, 0) is 32.2 Å². The summed E-state index contributed by atoms with van der Waals surface area (Å²) >= 11 is 0. The molecular weight excluding hydrogens is 298 g/mol. The number of hydrogen-bond donors (Lipinski definition) is 2. The van der Waals surface area contributed by atoms with Gasteiger partial charge < -0.3 is 20.4 Å². The lowest BCUT2D eigenvalue weighted by Crippen LogP contribution is -2.48. The Morgan fingerprint density at radius 1 is 1.04 bits per heavy atom. The number of piperazine rings is 1. The zero-order valence-electron chi connectivity index (χ0n) is 16.9. The largest absolute Gasteiger partial charge is 0.356 e. The average molecular weight is 340 g/mol. The highest BCUT2D eigenvalue weighted by molar-refractivity contribution is 5.79. The Kier molecular flexibility index (Phi) is 10.3. The van der Waals surface area contributed by atoms with E-state index >= 15 is 0 Å². The van der Waals surface area contributed by atoms with Crippen LogP contribution in [0, 0.1) is 11.8 Å². The number of likely N-dealkylation sites (N-methyl/N-ethyl adjacent to an activating group) is 1. The first-order valence-corrected chi connectivity index (χ1v) is 9.78. The standard InChI is InChI=1S/C19H41N5/c1-16(2)8-7-9-18(4)22-19(20-5)21-14-17(3)15-24-12-10-23(6)11-13-24/h16-18H,7-15H2,1-6H3,(H2,20,21,22). The molecule has 2 unspecified atom stereocenters. The van der Waals surface area contributed by atoms with E-state index in [4.69, 9.17) is 0 Å². The summed E-state index contributed by atoms with van der Waals surface area (Å²) in [6.45, 7) is 16.1. The highest BCUT2D eigenvalue weighted by Crippen LogP contribution is 2.08. The lowest BCUT2D eigenvalue weighted by molar-refractivity contribution is 0.139. The third-order valence-corrected chi connectivity index (χ3v) is 4.81. The molecule has 2 atom stereocenters. The molecule has 0 aromatic rings. The first-order valence-electron chi connectivity index (χ1n) is 9.78. The monoisotopic (exact) mass is 339 g/mol. The molecular formula is C19H41N5. The fourth-order valence-corrected chi connectivity index (χ4v) is 3.14. The summed E-state index contributed by atoms with van der Waals surface area (Å²) in [4.78, 5) is 9.36. The van der Waals surface area contributed by atoms with E-state index in [1.807, 2.05) is 7.05 Å². The average Bonchev–Trinajstić information content (AvgIpc) is 2.53. The second-order valence-corrected chi connectivity index (χ2v) is 8.03. The smallest absolute Gasteiger partial charge is 0.191 e. The Labute approximate surface area is 150 Å². The van der Waals surface area contributed by atoms with Gasteiger partial charge in [0.15, 0.2) is 5.96 Å². The van der Waals surface area contributed by atoms with Crippen LogP contribution in [-0.2, 0) is 0 Å². The normalized spacial score (nSPS) is 20.2. The molecule has 1 aliphatic rings. The summed E-state index contributed by atoms with van der Waals surface area (Å²) < 4.78 is 0. The van der Waals surface area contributed by atoms with E-state index in [-0.39, 0.29) is 0 Å². The first-order chi connectivity index (χ1) is 11.4. The van der Waals surface area contributed by atoms with Crippen molar-refractivity contribution in [2.45, 2.75) is 53.0 Å². The van der Waals surface area contributed by atoms with Crippen molar-refractivity contribution in [2.75, 3.05) is 53.4 Å². The van der Waals surface area contributed by atoms with E-state index in [1.165, 1.54) is 52.0 Å². The highest BCUT2D eigenvalue weighted by atomic mass is 15.2. The second kappa shape index (κ2) is 11.7. The summed E-state index contributed by atoms with van der Waals surface area (Å²) in [7, 11) is 4.07. The van der Waals surface area contributed by atoms with Crippen molar-refractivity contribution in [3.8, 4) is 0 Å². The minimum absolute atomic E-state index is 0.475. The van der Waals surface area contributed by atoms with Crippen LogP contribution >= 0.6 is 0 Å². The van der Waals surface area contributed by atoms with Crippen LogP contribution in [0.2, 0.25) is 0 Å². The molecule has 1 saturated heterocycles. The summed E-state index contributed by atoms with van der Waals surface area (Å²) in [6.07, 6.45) is 3.79. The van der Waals surface area contributed by atoms with Gasteiger partial charge in [0.05, 0.1) is 0 Å². The van der Waals surface area contributed by atoms with Crippen molar-refractivity contribution in [3.05, 3.63) is 0 Å². The molecule has 1 fully saturated rings. The molecule has 24 heavy (non-hydrogen) atoms. The van der Waals surface area contributed by atoms with E-state index in [0.717, 1.165) is 18.4 Å². The van der Waals surface area contributed by atoms with Gasteiger partial charge in [0, 0.05) is 52.4 Å². The van der Waals surface area contributed by atoms with Crippen molar-refractivity contribution in [3.63, 3.8) is 0 Å². The molecule has 0 radical (unpaired) electrons. The molecule has 142 valence electrons. The van der Waals surface area contributed by atoms with Gasteiger partial charge in [-0.2, -0.15) is 0 Å². The SMILES string of the molecule is CN=C(NCC(C)CN1CCN(C)CC1)NC(C)CCCC(C)C. The lowest BCUT2D eigenvalue weighted by atomic mass is 10.0.